The number of hydrogen-bond acceptors (Lipinski definition) is 3. The molecule has 20 heavy (non-hydrogen) atoms. The normalized spacial score (nSPS) is 10.2. The molecular formula is C14H12Cl2N2O2. The number of aromatic nitrogens is 1. The molecule has 1 heterocycles. The minimum Gasteiger partial charge on any atom is -0.494 e. The molecule has 0 unspecified atom stereocenters. The number of rotatable bonds is 3. The van der Waals surface area contributed by atoms with E-state index >= 15 is 0 Å². The Kier molecular flexibility index (Phi) is 4.47. The lowest BCUT2D eigenvalue weighted by Gasteiger charge is -2.10. The average molecular weight is 311 g/mol. The zero-order chi connectivity index (χ0) is 14.7. The molecule has 2 rings (SSSR count). The van der Waals surface area contributed by atoms with Crippen LogP contribution in [-0.4, -0.2) is 18.0 Å². The van der Waals surface area contributed by atoms with Crippen LogP contribution in [0.25, 0.3) is 0 Å². The van der Waals surface area contributed by atoms with Gasteiger partial charge in [-0.05, 0) is 30.7 Å². The fourth-order valence-corrected chi connectivity index (χ4v) is 2.32. The van der Waals surface area contributed by atoms with E-state index in [0.717, 1.165) is 5.56 Å². The Morgan fingerprint density at radius 3 is 2.50 bits per heavy atom. The van der Waals surface area contributed by atoms with Gasteiger partial charge >= 0.3 is 0 Å². The molecule has 0 aliphatic rings. The van der Waals surface area contributed by atoms with E-state index in [9.17, 15) is 4.79 Å². The molecule has 0 bridgehead atoms. The van der Waals surface area contributed by atoms with Gasteiger partial charge in [0, 0.05) is 11.8 Å². The van der Waals surface area contributed by atoms with Crippen molar-refractivity contribution < 1.29 is 9.53 Å². The van der Waals surface area contributed by atoms with Gasteiger partial charge < -0.3 is 10.1 Å². The van der Waals surface area contributed by atoms with Gasteiger partial charge in [-0.15, -0.1) is 0 Å². The lowest BCUT2D eigenvalue weighted by atomic mass is 10.2. The van der Waals surface area contributed by atoms with Gasteiger partial charge in [-0.3, -0.25) is 4.79 Å². The summed E-state index contributed by atoms with van der Waals surface area (Å²) in [5.74, 6) is 0.512. The van der Waals surface area contributed by atoms with Crippen LogP contribution in [0.5, 0.6) is 5.75 Å². The number of amides is 1. The summed E-state index contributed by atoms with van der Waals surface area (Å²) in [5, 5.41) is 3.27. The molecule has 1 aromatic carbocycles. The zero-order valence-corrected chi connectivity index (χ0v) is 12.4. The van der Waals surface area contributed by atoms with Gasteiger partial charge in [0.25, 0.3) is 5.91 Å². The maximum Gasteiger partial charge on any atom is 0.256 e. The Balaban J connectivity index is 2.29. The molecule has 1 aromatic heterocycles. The van der Waals surface area contributed by atoms with Crippen molar-refractivity contribution >= 4 is 34.9 Å². The first-order chi connectivity index (χ1) is 9.52. The first-order valence-electron chi connectivity index (χ1n) is 5.79. The number of methoxy groups -OCH3 is 1. The number of carbonyl (C=O) groups is 1. The van der Waals surface area contributed by atoms with Crippen LogP contribution in [-0.2, 0) is 0 Å². The quantitative estimate of drug-likeness (QED) is 0.933. The van der Waals surface area contributed by atoms with Crippen LogP contribution in [0.15, 0.2) is 30.5 Å². The molecule has 1 N–H and O–H groups in total. The predicted molar refractivity (Wildman–Crippen MR) is 79.9 cm³/mol. The Hall–Kier alpha value is -1.78. The highest BCUT2D eigenvalue weighted by Crippen LogP contribution is 2.34. The third kappa shape index (κ3) is 3.03. The summed E-state index contributed by atoms with van der Waals surface area (Å²) in [6.07, 6.45) is 1.61. The second kappa shape index (κ2) is 6.11. The smallest absolute Gasteiger partial charge is 0.256 e. The van der Waals surface area contributed by atoms with Gasteiger partial charge in [0.05, 0.1) is 17.2 Å². The van der Waals surface area contributed by atoms with Crippen molar-refractivity contribution in [1.82, 2.24) is 4.98 Å². The molecule has 1 amide bonds. The van der Waals surface area contributed by atoms with Crippen molar-refractivity contribution in [3.8, 4) is 5.75 Å². The zero-order valence-electron chi connectivity index (χ0n) is 10.9. The van der Waals surface area contributed by atoms with E-state index in [4.69, 9.17) is 27.9 Å². The molecule has 0 saturated heterocycles. The fourth-order valence-electron chi connectivity index (χ4n) is 1.68. The maximum atomic E-state index is 12.2. The average Bonchev–Trinajstić information content (AvgIpc) is 2.41. The number of nitrogens with zero attached hydrogens (tertiary/aromatic N) is 1. The first-order valence-corrected chi connectivity index (χ1v) is 6.54. The number of hydrogen-bond donors (Lipinski definition) is 1. The molecule has 0 atom stereocenters. The second-order valence-corrected chi connectivity index (χ2v) is 4.91. The second-order valence-electron chi connectivity index (χ2n) is 4.10. The van der Waals surface area contributed by atoms with Gasteiger partial charge in [0.2, 0.25) is 0 Å². The van der Waals surface area contributed by atoms with E-state index in [-0.39, 0.29) is 16.0 Å². The summed E-state index contributed by atoms with van der Waals surface area (Å²) in [6.45, 7) is 1.86. The lowest BCUT2D eigenvalue weighted by Crippen LogP contribution is -2.14. The highest BCUT2D eigenvalue weighted by molar-refractivity contribution is 6.37. The van der Waals surface area contributed by atoms with E-state index in [1.165, 1.54) is 19.2 Å². The molecule has 0 fully saturated rings. The van der Waals surface area contributed by atoms with Crippen molar-refractivity contribution in [2.24, 2.45) is 0 Å². The molecule has 4 nitrogen and oxygen atoms in total. The first kappa shape index (κ1) is 14.6. The Bertz CT molecular complexity index is 636. The molecule has 0 aliphatic carbocycles. The van der Waals surface area contributed by atoms with Gasteiger partial charge in [-0.25, -0.2) is 4.98 Å². The SMILES string of the molecule is COc1c(Cl)cc(C(=O)Nc2ncccc2C)cc1Cl. The van der Waals surface area contributed by atoms with Crippen LogP contribution < -0.4 is 10.1 Å². The van der Waals surface area contributed by atoms with Gasteiger partial charge in [-0.1, -0.05) is 29.3 Å². The fraction of sp³-hybridized carbons (Fsp3) is 0.143. The van der Waals surface area contributed by atoms with Gasteiger partial charge in [-0.2, -0.15) is 0 Å². The summed E-state index contributed by atoms with van der Waals surface area (Å²) in [6, 6.07) is 6.66. The van der Waals surface area contributed by atoms with E-state index in [2.05, 4.69) is 10.3 Å². The van der Waals surface area contributed by atoms with Crippen LogP contribution in [0, 0.1) is 6.92 Å². The van der Waals surface area contributed by atoms with Crippen LogP contribution >= 0.6 is 23.2 Å². The number of benzene rings is 1. The third-order valence-corrected chi connectivity index (χ3v) is 3.27. The van der Waals surface area contributed by atoms with Crippen molar-refractivity contribution in [3.05, 3.63) is 51.6 Å². The molecule has 0 radical (unpaired) electrons. The number of halogens is 2. The molecular weight excluding hydrogens is 299 g/mol. The third-order valence-electron chi connectivity index (χ3n) is 2.71. The summed E-state index contributed by atoms with van der Waals surface area (Å²) >= 11 is 12.0. The Morgan fingerprint density at radius 2 is 1.95 bits per heavy atom. The number of aryl methyl sites for hydroxylation is 1. The minimum absolute atomic E-state index is 0.280. The number of carbonyl (C=O) groups excluding carboxylic acids is 1. The van der Waals surface area contributed by atoms with E-state index in [0.29, 0.717) is 17.1 Å². The number of anilines is 1. The highest BCUT2D eigenvalue weighted by Gasteiger charge is 2.14. The van der Waals surface area contributed by atoms with Crippen molar-refractivity contribution in [3.63, 3.8) is 0 Å². The lowest BCUT2D eigenvalue weighted by molar-refractivity contribution is 0.102. The monoisotopic (exact) mass is 310 g/mol. The Labute approximate surface area is 126 Å². The molecule has 104 valence electrons. The molecule has 0 aliphatic heterocycles. The molecule has 0 spiro atoms. The summed E-state index contributed by atoms with van der Waals surface area (Å²) in [7, 11) is 1.46. The van der Waals surface area contributed by atoms with Crippen molar-refractivity contribution in [2.45, 2.75) is 6.92 Å². The van der Waals surface area contributed by atoms with Gasteiger partial charge in [0.15, 0.2) is 5.75 Å². The molecule has 6 heteroatoms. The summed E-state index contributed by atoms with van der Waals surface area (Å²) in [5.41, 5.74) is 1.21. The van der Waals surface area contributed by atoms with Crippen LogP contribution in [0.3, 0.4) is 0 Å². The molecule has 2 aromatic rings. The van der Waals surface area contributed by atoms with Gasteiger partial charge in [0.1, 0.15) is 5.82 Å². The van der Waals surface area contributed by atoms with E-state index in [1.54, 1.807) is 12.3 Å². The van der Waals surface area contributed by atoms with Crippen LogP contribution in [0.4, 0.5) is 5.82 Å². The highest BCUT2D eigenvalue weighted by atomic mass is 35.5. The molecule has 0 saturated carbocycles. The number of pyridine rings is 1. The number of ether oxygens (including phenoxy) is 1. The van der Waals surface area contributed by atoms with E-state index in [1.807, 2.05) is 13.0 Å². The maximum absolute atomic E-state index is 12.2. The Morgan fingerprint density at radius 1 is 1.30 bits per heavy atom. The predicted octanol–water partition coefficient (Wildman–Crippen LogP) is 3.96. The summed E-state index contributed by atoms with van der Waals surface area (Å²) < 4.78 is 5.04. The standard InChI is InChI=1S/C14H12Cl2N2O2/c1-8-4-3-5-17-13(8)18-14(19)9-6-10(15)12(20-2)11(16)7-9/h3-7H,1-2H3,(H,17,18,19). The minimum atomic E-state index is -0.335. The number of nitrogens with one attached hydrogen (secondary N) is 1. The van der Waals surface area contributed by atoms with E-state index < -0.39 is 0 Å². The largest absolute Gasteiger partial charge is 0.494 e. The topological polar surface area (TPSA) is 51.2 Å². The van der Waals surface area contributed by atoms with Crippen molar-refractivity contribution in [2.75, 3.05) is 12.4 Å². The van der Waals surface area contributed by atoms with Crippen molar-refractivity contribution in [1.29, 1.82) is 0 Å². The van der Waals surface area contributed by atoms with Crippen LogP contribution in [0.2, 0.25) is 10.0 Å². The summed E-state index contributed by atoms with van der Waals surface area (Å²) in [4.78, 5) is 16.3. The van der Waals surface area contributed by atoms with Crippen LogP contribution in [0.1, 0.15) is 15.9 Å².